The predicted octanol–water partition coefficient (Wildman–Crippen LogP) is 2.56. The molecule has 0 spiro atoms. The van der Waals surface area contributed by atoms with Crippen LogP contribution in [-0.4, -0.2) is 47.1 Å². The van der Waals surface area contributed by atoms with Crippen LogP contribution in [-0.2, 0) is 11.2 Å². The summed E-state index contributed by atoms with van der Waals surface area (Å²) in [5.74, 6) is 0.363. The average Bonchev–Trinajstić information content (AvgIpc) is 2.64. The summed E-state index contributed by atoms with van der Waals surface area (Å²) in [6, 6.07) is 7.82. The summed E-state index contributed by atoms with van der Waals surface area (Å²) in [4.78, 5) is 23.0. The molecule has 0 atom stereocenters. The summed E-state index contributed by atoms with van der Waals surface area (Å²) < 4.78 is 5.29. The minimum absolute atomic E-state index is 0.0794. The fourth-order valence-corrected chi connectivity index (χ4v) is 2.78. The Morgan fingerprint density at radius 1 is 1.29 bits per heavy atom. The largest absolute Gasteiger partial charge is 0.378 e. The number of nitrogens with one attached hydrogen (secondary N) is 1. The van der Waals surface area contributed by atoms with Crippen molar-refractivity contribution in [1.82, 2.24) is 14.9 Å². The van der Waals surface area contributed by atoms with Crippen molar-refractivity contribution >= 4 is 17.5 Å². The Hall–Kier alpha value is -2.47. The van der Waals surface area contributed by atoms with E-state index in [4.69, 9.17) is 4.74 Å². The van der Waals surface area contributed by atoms with Crippen LogP contribution >= 0.6 is 0 Å². The number of anilines is 2. The molecule has 0 radical (unpaired) electrons. The number of ether oxygens (including phenoxy) is 1. The van der Waals surface area contributed by atoms with E-state index in [1.807, 2.05) is 19.1 Å². The highest BCUT2D eigenvalue weighted by Gasteiger charge is 2.20. The van der Waals surface area contributed by atoms with Crippen LogP contribution in [0.2, 0.25) is 0 Å². The van der Waals surface area contributed by atoms with Gasteiger partial charge >= 0.3 is 0 Å². The maximum absolute atomic E-state index is 12.5. The molecule has 1 aromatic heterocycles. The SMILES string of the molecule is CCc1cccc(C)c1Nc1nccc(C(=O)N2CCOCC2)n1. The molecule has 2 heterocycles. The fraction of sp³-hybridized carbons (Fsp3) is 0.389. The Kier molecular flexibility index (Phi) is 5.05. The van der Waals surface area contributed by atoms with Gasteiger partial charge in [0.05, 0.1) is 13.2 Å². The smallest absolute Gasteiger partial charge is 0.272 e. The monoisotopic (exact) mass is 326 g/mol. The first-order chi connectivity index (χ1) is 11.7. The molecule has 1 aliphatic heterocycles. The maximum Gasteiger partial charge on any atom is 0.272 e. The summed E-state index contributed by atoms with van der Waals surface area (Å²) in [6.45, 7) is 6.51. The quantitative estimate of drug-likeness (QED) is 0.935. The number of nitrogens with zero attached hydrogens (tertiary/aromatic N) is 3. The molecule has 0 aliphatic carbocycles. The number of amides is 1. The third-order valence-electron chi connectivity index (χ3n) is 4.15. The van der Waals surface area contributed by atoms with Gasteiger partial charge in [0.15, 0.2) is 0 Å². The number of aromatic nitrogens is 2. The summed E-state index contributed by atoms with van der Waals surface area (Å²) in [7, 11) is 0. The maximum atomic E-state index is 12.5. The van der Waals surface area contributed by atoms with Crippen molar-refractivity contribution in [3.8, 4) is 0 Å². The summed E-state index contributed by atoms with van der Waals surface area (Å²) in [5.41, 5.74) is 3.74. The Balaban J connectivity index is 1.82. The molecule has 1 amide bonds. The lowest BCUT2D eigenvalue weighted by molar-refractivity contribution is 0.0299. The van der Waals surface area contributed by atoms with Gasteiger partial charge < -0.3 is 15.0 Å². The lowest BCUT2D eigenvalue weighted by Crippen LogP contribution is -2.41. The Morgan fingerprint density at radius 3 is 2.83 bits per heavy atom. The number of carbonyl (C=O) groups is 1. The molecule has 126 valence electrons. The lowest BCUT2D eigenvalue weighted by atomic mass is 10.1. The van der Waals surface area contributed by atoms with Crippen LogP contribution < -0.4 is 5.32 Å². The molecule has 6 nitrogen and oxygen atoms in total. The highest BCUT2D eigenvalue weighted by atomic mass is 16.5. The van der Waals surface area contributed by atoms with Gasteiger partial charge in [-0.05, 0) is 30.5 Å². The van der Waals surface area contributed by atoms with Crippen LogP contribution in [0, 0.1) is 6.92 Å². The Morgan fingerprint density at radius 2 is 2.08 bits per heavy atom. The van der Waals surface area contributed by atoms with Crippen molar-refractivity contribution in [2.24, 2.45) is 0 Å². The van der Waals surface area contributed by atoms with Crippen molar-refractivity contribution in [3.05, 3.63) is 47.3 Å². The standard InChI is InChI=1S/C18H22N4O2/c1-3-14-6-4-5-13(2)16(14)21-18-19-8-7-15(20-18)17(23)22-9-11-24-12-10-22/h4-8H,3,9-12H2,1-2H3,(H,19,20,21). The third-order valence-corrected chi connectivity index (χ3v) is 4.15. The van der Waals surface area contributed by atoms with Crippen LogP contribution in [0.5, 0.6) is 0 Å². The number of aryl methyl sites for hydroxylation is 2. The van der Waals surface area contributed by atoms with E-state index < -0.39 is 0 Å². The van der Waals surface area contributed by atoms with Gasteiger partial charge in [0.25, 0.3) is 5.91 Å². The zero-order valence-corrected chi connectivity index (χ0v) is 14.1. The highest BCUT2D eigenvalue weighted by molar-refractivity contribution is 5.92. The molecular weight excluding hydrogens is 304 g/mol. The van der Waals surface area contributed by atoms with Crippen LogP contribution in [0.1, 0.15) is 28.5 Å². The van der Waals surface area contributed by atoms with Gasteiger partial charge in [-0.1, -0.05) is 25.1 Å². The molecular formula is C18H22N4O2. The lowest BCUT2D eigenvalue weighted by Gasteiger charge is -2.26. The van der Waals surface area contributed by atoms with Gasteiger partial charge in [-0.3, -0.25) is 4.79 Å². The molecule has 0 bridgehead atoms. The van der Waals surface area contributed by atoms with Crippen LogP contribution in [0.4, 0.5) is 11.6 Å². The molecule has 1 aliphatic rings. The number of morpholine rings is 1. The van der Waals surface area contributed by atoms with Gasteiger partial charge in [-0.15, -0.1) is 0 Å². The first-order valence-corrected chi connectivity index (χ1v) is 8.24. The molecule has 0 saturated carbocycles. The Labute approximate surface area is 141 Å². The number of para-hydroxylation sites is 1. The fourth-order valence-electron chi connectivity index (χ4n) is 2.78. The molecule has 3 rings (SSSR count). The van der Waals surface area contributed by atoms with Crippen molar-refractivity contribution in [2.75, 3.05) is 31.6 Å². The molecule has 1 fully saturated rings. The number of rotatable bonds is 4. The topological polar surface area (TPSA) is 67.4 Å². The first kappa shape index (κ1) is 16.4. The van der Waals surface area contributed by atoms with Crippen LogP contribution in [0.15, 0.2) is 30.5 Å². The van der Waals surface area contributed by atoms with Gasteiger partial charge in [0.2, 0.25) is 5.95 Å². The van der Waals surface area contributed by atoms with E-state index in [0.29, 0.717) is 37.9 Å². The normalized spacial score (nSPS) is 14.5. The zero-order valence-electron chi connectivity index (χ0n) is 14.1. The van der Waals surface area contributed by atoms with E-state index >= 15 is 0 Å². The first-order valence-electron chi connectivity index (χ1n) is 8.24. The Bertz CT molecular complexity index is 727. The van der Waals surface area contributed by atoms with Gasteiger partial charge in [-0.25, -0.2) is 9.97 Å². The second-order valence-electron chi connectivity index (χ2n) is 5.76. The van der Waals surface area contributed by atoms with Crippen LogP contribution in [0.25, 0.3) is 0 Å². The summed E-state index contributed by atoms with van der Waals surface area (Å²) >= 11 is 0. The highest BCUT2D eigenvalue weighted by Crippen LogP contribution is 2.23. The number of carbonyl (C=O) groups excluding carboxylic acids is 1. The summed E-state index contributed by atoms with van der Waals surface area (Å²) in [5, 5.41) is 3.27. The molecule has 1 aromatic carbocycles. The van der Waals surface area contributed by atoms with E-state index in [1.54, 1.807) is 17.2 Å². The van der Waals surface area contributed by atoms with E-state index in [0.717, 1.165) is 17.7 Å². The van der Waals surface area contributed by atoms with Gasteiger partial charge in [-0.2, -0.15) is 0 Å². The van der Waals surface area contributed by atoms with E-state index in [9.17, 15) is 4.79 Å². The van der Waals surface area contributed by atoms with E-state index in [-0.39, 0.29) is 5.91 Å². The number of hydrogen-bond donors (Lipinski definition) is 1. The van der Waals surface area contributed by atoms with Crippen molar-refractivity contribution in [1.29, 1.82) is 0 Å². The van der Waals surface area contributed by atoms with E-state index in [2.05, 4.69) is 28.3 Å². The average molecular weight is 326 g/mol. The van der Waals surface area contributed by atoms with Crippen molar-refractivity contribution in [2.45, 2.75) is 20.3 Å². The van der Waals surface area contributed by atoms with E-state index in [1.165, 1.54) is 5.56 Å². The van der Waals surface area contributed by atoms with Crippen molar-refractivity contribution < 1.29 is 9.53 Å². The van der Waals surface area contributed by atoms with Crippen molar-refractivity contribution in [3.63, 3.8) is 0 Å². The van der Waals surface area contributed by atoms with Crippen LogP contribution in [0.3, 0.4) is 0 Å². The number of hydrogen-bond acceptors (Lipinski definition) is 5. The second kappa shape index (κ2) is 7.40. The molecule has 24 heavy (non-hydrogen) atoms. The molecule has 6 heteroatoms. The minimum Gasteiger partial charge on any atom is -0.378 e. The third kappa shape index (κ3) is 3.54. The van der Waals surface area contributed by atoms with Gasteiger partial charge in [0, 0.05) is 25.0 Å². The number of benzene rings is 1. The second-order valence-corrected chi connectivity index (χ2v) is 5.76. The predicted molar refractivity (Wildman–Crippen MR) is 92.6 cm³/mol. The molecule has 1 saturated heterocycles. The van der Waals surface area contributed by atoms with Gasteiger partial charge in [0.1, 0.15) is 5.69 Å². The zero-order chi connectivity index (χ0) is 16.9. The molecule has 0 unspecified atom stereocenters. The summed E-state index contributed by atoms with van der Waals surface area (Å²) in [6.07, 6.45) is 2.53. The minimum atomic E-state index is -0.0794. The molecule has 1 N–H and O–H groups in total. The molecule has 2 aromatic rings.